The van der Waals surface area contributed by atoms with Crippen molar-refractivity contribution in [3.8, 4) is 17.2 Å². The van der Waals surface area contributed by atoms with Gasteiger partial charge in [-0.05, 0) is 86.8 Å². The number of carboxylic acid groups (broad SMARTS) is 2. The number of benzene rings is 3. The summed E-state index contributed by atoms with van der Waals surface area (Å²) in [6, 6.07) is 13.3. The number of aromatic amines is 2. The number of hydrogen-bond acceptors (Lipinski definition) is 18. The minimum atomic E-state index is -3.79. The number of esters is 1. The lowest BCUT2D eigenvalue weighted by Crippen LogP contribution is -2.25. The quantitative estimate of drug-likeness (QED) is 0.0165. The van der Waals surface area contributed by atoms with E-state index in [0.717, 1.165) is 11.1 Å². The molecular formula is C41H43N11O13S2. The molecule has 0 saturated carbocycles. The third-order valence-electron chi connectivity index (χ3n) is 9.01. The smallest absolute Gasteiger partial charge is 0.342 e. The first-order valence-corrected chi connectivity index (χ1v) is 21.0. The number of cyclic esters (lactones) is 1. The van der Waals surface area contributed by atoms with E-state index in [1.807, 2.05) is 19.9 Å². The van der Waals surface area contributed by atoms with E-state index in [4.69, 9.17) is 42.8 Å². The molecular weight excluding hydrogens is 919 g/mol. The molecule has 0 radical (unpaired) electrons. The molecule has 0 fully saturated rings. The number of sulfonamides is 1. The zero-order valence-corrected chi connectivity index (χ0v) is 37.2. The average Bonchev–Trinajstić information content (AvgIpc) is 3.94. The number of methoxy groups -OCH3 is 1. The Morgan fingerprint density at radius 3 is 2.31 bits per heavy atom. The van der Waals surface area contributed by atoms with Crippen LogP contribution in [0.3, 0.4) is 0 Å². The number of aromatic nitrogens is 5. The Morgan fingerprint density at radius 2 is 1.70 bits per heavy atom. The Morgan fingerprint density at radius 1 is 1.03 bits per heavy atom. The number of nitrogens with zero attached hydrogens (tertiary/aromatic N) is 5. The van der Waals surface area contributed by atoms with Gasteiger partial charge in [0, 0.05) is 23.7 Å². The highest BCUT2D eigenvalue weighted by Crippen LogP contribution is 2.42. The van der Waals surface area contributed by atoms with Crippen molar-refractivity contribution >= 4 is 80.5 Å². The largest absolute Gasteiger partial charge is 0.507 e. The topological polar surface area (TPSA) is 393 Å². The van der Waals surface area contributed by atoms with E-state index in [-0.39, 0.29) is 58.0 Å². The van der Waals surface area contributed by atoms with Crippen LogP contribution >= 0.6 is 12.2 Å². The second-order valence-corrected chi connectivity index (χ2v) is 15.7. The number of aliphatic carboxylic acids is 1. The molecule has 0 saturated heterocycles. The predicted octanol–water partition coefficient (Wildman–Crippen LogP) is 6.08. The summed E-state index contributed by atoms with van der Waals surface area (Å²) in [5, 5.41) is 52.9. The highest BCUT2D eigenvalue weighted by Gasteiger charge is 2.32. The van der Waals surface area contributed by atoms with Crippen LogP contribution in [0.15, 0.2) is 100.0 Å². The first kappa shape index (κ1) is 51.1. The Bertz CT molecular complexity index is 3000. The van der Waals surface area contributed by atoms with Gasteiger partial charge in [-0.3, -0.25) is 14.7 Å². The van der Waals surface area contributed by atoms with Crippen LogP contribution in [0.1, 0.15) is 57.2 Å². The minimum absolute atomic E-state index is 0.0231. The summed E-state index contributed by atoms with van der Waals surface area (Å²) in [5.74, 6) is -2.15. The van der Waals surface area contributed by atoms with E-state index in [0.29, 0.717) is 51.2 Å². The van der Waals surface area contributed by atoms with Crippen LogP contribution < -0.4 is 26.4 Å². The van der Waals surface area contributed by atoms with Crippen molar-refractivity contribution in [1.29, 1.82) is 0 Å². The zero-order valence-electron chi connectivity index (χ0n) is 35.5. The third kappa shape index (κ3) is 14.3. The molecule has 0 spiro atoms. The molecule has 0 bridgehead atoms. The van der Waals surface area contributed by atoms with Crippen LogP contribution in [-0.4, -0.2) is 90.0 Å². The monoisotopic (exact) mass is 961 g/mol. The van der Waals surface area contributed by atoms with Gasteiger partial charge in [-0.25, -0.2) is 43.2 Å². The molecule has 0 aliphatic carbocycles. The number of nitrogen functional groups attached to an aromatic ring is 1. The van der Waals surface area contributed by atoms with Gasteiger partial charge in [0.15, 0.2) is 10.3 Å². The number of hydrogen-bond donors (Lipinski definition) is 11. The third-order valence-corrected chi connectivity index (χ3v) is 10.7. The molecule has 26 heteroatoms. The van der Waals surface area contributed by atoms with E-state index >= 15 is 0 Å². The number of carbonyl (C=O) groups is 4. The highest BCUT2D eigenvalue weighted by atomic mass is 32.2. The van der Waals surface area contributed by atoms with E-state index in [2.05, 4.69) is 45.6 Å². The SMILES string of the molecule is COc1c(C)c2c(c(O)c1C/C=C(\C)CCC(=O)O)C(=O)OC2.NC(=O)NO.Nc1nc(=S)c2[nH]cnc2[nH]1.O=C(O)c1cc(N=Nc2ccc(S(=O)(=O)Nc3ccccn3)cc2)ccc1O. The summed E-state index contributed by atoms with van der Waals surface area (Å²) in [4.78, 5) is 60.0. The number of rotatable bonds is 12. The molecule has 1 aliphatic heterocycles. The molecule has 13 N–H and O–H groups in total. The number of amides is 2. The van der Waals surface area contributed by atoms with Gasteiger partial charge in [-0.2, -0.15) is 10.2 Å². The standard InChI is InChI=1S/C18H14N4O5S.C17H20O6.C5H5N5S.CH4N2O2/c23-16-9-6-13(11-15(16)18(24)25)21-20-12-4-7-14(8-5-12)28(26,27)22-17-3-1-2-10-19-17;1-9(5-7-13(18)19)4-6-11-15(20)14-12(8-23-17(14)21)10(2)16(11)22-3;6-5-9-3-2(4(11)10-5)7-1-8-3;2-1(4)3-5/h1-11,23H,(H,19,22)(H,24,25);4,20H,5-8H2,1-3H3,(H,18,19);1H,(H4,6,7,8,9,10,11);5H,(H3,2,3,4)/b;9-4+;;. The van der Waals surface area contributed by atoms with Gasteiger partial charge in [-0.15, -0.1) is 0 Å². The van der Waals surface area contributed by atoms with Gasteiger partial charge in [0.05, 0.1) is 29.7 Å². The maximum atomic E-state index is 12.3. The van der Waals surface area contributed by atoms with Crippen molar-refractivity contribution in [2.45, 2.75) is 44.6 Å². The summed E-state index contributed by atoms with van der Waals surface area (Å²) >= 11 is 4.91. The number of primary amides is 1. The molecule has 7 rings (SSSR count). The van der Waals surface area contributed by atoms with Gasteiger partial charge in [-0.1, -0.05) is 29.9 Å². The van der Waals surface area contributed by atoms with Gasteiger partial charge < -0.3 is 51.3 Å². The van der Waals surface area contributed by atoms with Crippen molar-refractivity contribution in [3.05, 3.63) is 117 Å². The van der Waals surface area contributed by atoms with Crippen molar-refractivity contribution < 1.29 is 62.7 Å². The molecule has 1 aliphatic rings. The number of fused-ring (bicyclic) bond motifs is 2. The summed E-state index contributed by atoms with van der Waals surface area (Å²) < 4.78 is 37.9. The van der Waals surface area contributed by atoms with Crippen LogP contribution in [0.25, 0.3) is 11.2 Å². The average molecular weight is 962 g/mol. The zero-order chi connectivity index (χ0) is 49.4. The number of carboxylic acids is 2. The molecule has 3 aromatic heterocycles. The second-order valence-electron chi connectivity index (χ2n) is 13.6. The molecule has 0 atom stereocenters. The maximum Gasteiger partial charge on any atom is 0.342 e. The number of nitrogens with one attached hydrogen (secondary N) is 4. The molecule has 352 valence electrons. The first-order chi connectivity index (χ1) is 31.8. The predicted molar refractivity (Wildman–Crippen MR) is 242 cm³/mol. The number of hydroxylamine groups is 1. The Balaban J connectivity index is 0.000000223. The van der Waals surface area contributed by atoms with Crippen molar-refractivity contribution in [3.63, 3.8) is 0 Å². The van der Waals surface area contributed by atoms with Crippen LogP contribution in [0.4, 0.5) is 27.9 Å². The summed E-state index contributed by atoms with van der Waals surface area (Å²) in [6.45, 7) is 3.79. The van der Waals surface area contributed by atoms with Crippen molar-refractivity contribution in [1.82, 2.24) is 30.4 Å². The molecule has 0 unspecified atom stereocenters. The van der Waals surface area contributed by atoms with Gasteiger partial charge >= 0.3 is 23.9 Å². The lowest BCUT2D eigenvalue weighted by molar-refractivity contribution is -0.136. The van der Waals surface area contributed by atoms with Gasteiger partial charge in [0.2, 0.25) is 5.95 Å². The van der Waals surface area contributed by atoms with E-state index in [1.165, 1.54) is 73.6 Å². The van der Waals surface area contributed by atoms with E-state index in [1.54, 1.807) is 12.1 Å². The molecule has 2 amide bonds. The van der Waals surface area contributed by atoms with Crippen LogP contribution in [-0.2, 0) is 32.6 Å². The maximum absolute atomic E-state index is 12.3. The van der Waals surface area contributed by atoms with Gasteiger partial charge in [0.25, 0.3) is 10.0 Å². The number of H-pyrrole nitrogens is 2. The number of carbonyl (C=O) groups excluding carboxylic acids is 2. The Hall–Kier alpha value is -8.49. The summed E-state index contributed by atoms with van der Waals surface area (Å²) in [5.41, 5.74) is 15.5. The number of phenolic OH excluding ortho intramolecular Hbond substituents is 1. The number of allylic oxidation sites excluding steroid dienone is 2. The molecule has 3 aromatic carbocycles. The summed E-state index contributed by atoms with van der Waals surface area (Å²) in [7, 11) is -2.28. The number of pyridine rings is 1. The number of anilines is 2. The molecule has 6 aromatic rings. The van der Waals surface area contributed by atoms with Crippen molar-refractivity contribution in [2.75, 3.05) is 17.6 Å². The van der Waals surface area contributed by atoms with Crippen LogP contribution in [0, 0.1) is 11.6 Å². The second kappa shape index (κ2) is 23.4. The fourth-order valence-corrected chi connectivity index (χ4v) is 7.02. The van der Waals surface area contributed by atoms with E-state index < -0.39 is 34.0 Å². The summed E-state index contributed by atoms with van der Waals surface area (Å²) in [6.07, 6.45) is 5.69. The number of ether oxygens (including phenoxy) is 2. The molecule has 67 heavy (non-hydrogen) atoms. The lowest BCUT2D eigenvalue weighted by atomic mass is 9.94. The minimum Gasteiger partial charge on any atom is -0.507 e. The molecule has 4 heterocycles. The number of phenols is 2. The Labute approximate surface area is 385 Å². The van der Waals surface area contributed by atoms with Crippen LogP contribution in [0.2, 0.25) is 0 Å². The van der Waals surface area contributed by atoms with Crippen LogP contribution in [0.5, 0.6) is 17.2 Å². The molecule has 24 nitrogen and oxygen atoms in total. The normalized spacial score (nSPS) is 11.7. The fourth-order valence-electron chi connectivity index (χ4n) is 5.76. The Kier molecular flexibility index (Phi) is 17.9. The van der Waals surface area contributed by atoms with E-state index in [9.17, 15) is 37.8 Å². The number of urea groups is 1. The number of azo groups is 1. The van der Waals surface area contributed by atoms with Crippen molar-refractivity contribution in [2.24, 2.45) is 16.0 Å². The number of imidazole rings is 1. The number of nitrogens with two attached hydrogens (primary N) is 2. The lowest BCUT2D eigenvalue weighted by Gasteiger charge is -2.15. The fraction of sp³-hybridized carbons (Fsp3) is 0.171. The number of aromatic hydroxyl groups is 2. The first-order valence-electron chi connectivity index (χ1n) is 19.1. The van der Waals surface area contributed by atoms with Gasteiger partial charge in [0.1, 0.15) is 46.3 Å². The number of aromatic carboxylic acids is 1. The highest BCUT2D eigenvalue weighted by molar-refractivity contribution is 7.92.